The van der Waals surface area contributed by atoms with Gasteiger partial charge in [0, 0.05) is 20.0 Å². The molecule has 1 aromatic rings. The molecule has 1 aliphatic heterocycles. The molecule has 0 atom stereocenters. The van der Waals surface area contributed by atoms with Crippen LogP contribution in [0.25, 0.3) is 0 Å². The minimum atomic E-state index is -0.462. The molecule has 1 amide bonds. The number of hydrogen-bond acceptors (Lipinski definition) is 5. The molecular weight excluding hydrogens is 250 g/mol. The third kappa shape index (κ3) is 3.00. The molecule has 7 nitrogen and oxygen atoms in total. The van der Waals surface area contributed by atoms with Gasteiger partial charge in [0.25, 0.3) is 0 Å². The number of para-hydroxylation sites is 1. The summed E-state index contributed by atoms with van der Waals surface area (Å²) in [4.78, 5) is 23.8. The summed E-state index contributed by atoms with van der Waals surface area (Å²) < 4.78 is 5.24. The average Bonchev–Trinajstić information content (AvgIpc) is 2.38. The van der Waals surface area contributed by atoms with Gasteiger partial charge in [0.05, 0.1) is 18.1 Å². The Kier molecular flexibility index (Phi) is 3.96. The maximum absolute atomic E-state index is 11.3. The summed E-state index contributed by atoms with van der Waals surface area (Å²) in [6.07, 6.45) is 0. The Morgan fingerprint density at radius 2 is 2.11 bits per heavy atom. The van der Waals surface area contributed by atoms with E-state index in [4.69, 9.17) is 4.74 Å². The van der Waals surface area contributed by atoms with Gasteiger partial charge in [-0.2, -0.15) is 0 Å². The van der Waals surface area contributed by atoms with Crippen LogP contribution in [0.5, 0.6) is 0 Å². The highest BCUT2D eigenvalue weighted by Crippen LogP contribution is 2.35. The Hall–Kier alpha value is -2.15. The largest absolute Gasteiger partial charge is 0.378 e. The Balaban J connectivity index is 2.41. The molecule has 0 spiro atoms. The normalized spacial score (nSPS) is 15.1. The van der Waals surface area contributed by atoms with Gasteiger partial charge in [-0.3, -0.25) is 14.9 Å². The van der Waals surface area contributed by atoms with Crippen molar-refractivity contribution in [2.75, 3.05) is 36.5 Å². The Bertz CT molecular complexity index is 498. The molecule has 0 saturated carbocycles. The van der Waals surface area contributed by atoms with Crippen molar-refractivity contribution in [3.05, 3.63) is 28.3 Å². The zero-order valence-corrected chi connectivity index (χ0v) is 10.6. The second-order valence-electron chi connectivity index (χ2n) is 4.21. The van der Waals surface area contributed by atoms with Crippen molar-refractivity contribution in [3.63, 3.8) is 0 Å². The summed E-state index contributed by atoms with van der Waals surface area (Å²) in [6, 6.07) is 4.92. The first kappa shape index (κ1) is 13.3. The number of benzene rings is 1. The molecule has 1 heterocycles. The highest BCUT2D eigenvalue weighted by atomic mass is 16.6. The van der Waals surface area contributed by atoms with Crippen LogP contribution in [0, 0.1) is 10.1 Å². The topological polar surface area (TPSA) is 84.7 Å². The SMILES string of the molecule is CC(=O)Nc1cccc(N2CCOCC2)c1[N+](=O)[O-]. The lowest BCUT2D eigenvalue weighted by Crippen LogP contribution is -2.36. The zero-order chi connectivity index (χ0) is 13.8. The third-order valence-corrected chi connectivity index (χ3v) is 2.86. The number of carbonyl (C=O) groups is 1. The molecular formula is C12H15N3O4. The van der Waals surface area contributed by atoms with Crippen molar-refractivity contribution < 1.29 is 14.5 Å². The fourth-order valence-electron chi connectivity index (χ4n) is 2.07. The van der Waals surface area contributed by atoms with Gasteiger partial charge in [-0.15, -0.1) is 0 Å². The second kappa shape index (κ2) is 5.66. The molecule has 1 N–H and O–H groups in total. The summed E-state index contributed by atoms with van der Waals surface area (Å²) in [6.45, 7) is 3.61. The Morgan fingerprint density at radius 3 is 2.68 bits per heavy atom. The molecule has 1 aromatic carbocycles. The van der Waals surface area contributed by atoms with Crippen LogP contribution in [0.1, 0.15) is 6.92 Å². The molecule has 1 aliphatic rings. The molecule has 102 valence electrons. The number of amides is 1. The molecule has 2 rings (SSSR count). The van der Waals surface area contributed by atoms with Crippen molar-refractivity contribution in [1.29, 1.82) is 0 Å². The summed E-state index contributed by atoms with van der Waals surface area (Å²) in [7, 11) is 0. The molecule has 19 heavy (non-hydrogen) atoms. The Morgan fingerprint density at radius 1 is 1.42 bits per heavy atom. The number of nitro benzene ring substituents is 1. The monoisotopic (exact) mass is 265 g/mol. The minimum Gasteiger partial charge on any atom is -0.378 e. The summed E-state index contributed by atoms with van der Waals surface area (Å²) in [5, 5.41) is 13.8. The molecule has 0 radical (unpaired) electrons. The van der Waals surface area contributed by atoms with Gasteiger partial charge in [0.15, 0.2) is 0 Å². The molecule has 0 unspecified atom stereocenters. The van der Waals surface area contributed by atoms with Gasteiger partial charge < -0.3 is 15.0 Å². The standard InChI is InChI=1S/C12H15N3O4/c1-9(16)13-10-3-2-4-11(12(10)15(17)18)14-5-7-19-8-6-14/h2-4H,5-8H2,1H3,(H,13,16). The van der Waals surface area contributed by atoms with Crippen LogP contribution in [-0.2, 0) is 9.53 Å². The number of carbonyl (C=O) groups excluding carboxylic acids is 1. The van der Waals surface area contributed by atoms with E-state index in [1.165, 1.54) is 13.0 Å². The van der Waals surface area contributed by atoms with Crippen LogP contribution in [-0.4, -0.2) is 37.1 Å². The maximum atomic E-state index is 11.3. The maximum Gasteiger partial charge on any atom is 0.315 e. The van der Waals surface area contributed by atoms with Crippen molar-refractivity contribution in [2.45, 2.75) is 6.92 Å². The second-order valence-corrected chi connectivity index (χ2v) is 4.21. The predicted octanol–water partition coefficient (Wildman–Crippen LogP) is 1.39. The predicted molar refractivity (Wildman–Crippen MR) is 70.4 cm³/mol. The van der Waals surface area contributed by atoms with E-state index < -0.39 is 4.92 Å². The first-order valence-corrected chi connectivity index (χ1v) is 5.97. The quantitative estimate of drug-likeness (QED) is 0.659. The fourth-order valence-corrected chi connectivity index (χ4v) is 2.07. The number of anilines is 2. The smallest absolute Gasteiger partial charge is 0.315 e. The number of hydrogen-bond donors (Lipinski definition) is 1. The number of nitrogens with one attached hydrogen (secondary N) is 1. The molecule has 1 saturated heterocycles. The van der Waals surface area contributed by atoms with E-state index in [0.717, 1.165) is 0 Å². The van der Waals surface area contributed by atoms with Crippen LogP contribution in [0.4, 0.5) is 17.1 Å². The van der Waals surface area contributed by atoms with Crippen LogP contribution < -0.4 is 10.2 Å². The number of nitro groups is 1. The van der Waals surface area contributed by atoms with Crippen LogP contribution >= 0.6 is 0 Å². The zero-order valence-electron chi connectivity index (χ0n) is 10.6. The Labute approximate surface area is 110 Å². The van der Waals surface area contributed by atoms with E-state index in [0.29, 0.717) is 32.0 Å². The first-order valence-electron chi connectivity index (χ1n) is 5.97. The number of morpholine rings is 1. The van der Waals surface area contributed by atoms with E-state index in [-0.39, 0.29) is 17.3 Å². The van der Waals surface area contributed by atoms with Gasteiger partial charge in [-0.25, -0.2) is 0 Å². The molecule has 1 fully saturated rings. The molecule has 7 heteroatoms. The minimum absolute atomic E-state index is 0.0698. The van der Waals surface area contributed by atoms with Crippen LogP contribution in [0.2, 0.25) is 0 Å². The van der Waals surface area contributed by atoms with E-state index in [9.17, 15) is 14.9 Å². The van der Waals surface area contributed by atoms with Gasteiger partial charge in [-0.1, -0.05) is 6.07 Å². The van der Waals surface area contributed by atoms with Crippen LogP contribution in [0.15, 0.2) is 18.2 Å². The van der Waals surface area contributed by atoms with E-state index >= 15 is 0 Å². The number of rotatable bonds is 3. The van der Waals surface area contributed by atoms with Gasteiger partial charge in [0.1, 0.15) is 11.4 Å². The van der Waals surface area contributed by atoms with E-state index in [2.05, 4.69) is 5.32 Å². The van der Waals surface area contributed by atoms with Crippen molar-refractivity contribution in [2.24, 2.45) is 0 Å². The van der Waals surface area contributed by atoms with Crippen LogP contribution in [0.3, 0.4) is 0 Å². The molecule has 0 bridgehead atoms. The number of ether oxygens (including phenoxy) is 1. The third-order valence-electron chi connectivity index (χ3n) is 2.86. The van der Waals surface area contributed by atoms with Gasteiger partial charge >= 0.3 is 5.69 Å². The fraction of sp³-hybridized carbons (Fsp3) is 0.417. The molecule has 0 aromatic heterocycles. The van der Waals surface area contributed by atoms with E-state index in [1.807, 2.05) is 4.90 Å². The van der Waals surface area contributed by atoms with Crippen molar-refractivity contribution >= 4 is 23.0 Å². The summed E-state index contributed by atoms with van der Waals surface area (Å²) in [5.41, 5.74) is 0.667. The highest BCUT2D eigenvalue weighted by molar-refractivity contribution is 5.93. The molecule has 0 aliphatic carbocycles. The van der Waals surface area contributed by atoms with Gasteiger partial charge in [-0.05, 0) is 12.1 Å². The summed E-state index contributed by atoms with van der Waals surface area (Å²) >= 11 is 0. The average molecular weight is 265 g/mol. The first-order chi connectivity index (χ1) is 9.09. The lowest BCUT2D eigenvalue weighted by molar-refractivity contribution is -0.383. The highest BCUT2D eigenvalue weighted by Gasteiger charge is 2.25. The van der Waals surface area contributed by atoms with Crippen molar-refractivity contribution in [1.82, 2.24) is 0 Å². The van der Waals surface area contributed by atoms with E-state index in [1.54, 1.807) is 12.1 Å². The van der Waals surface area contributed by atoms with Crippen molar-refractivity contribution in [3.8, 4) is 0 Å². The van der Waals surface area contributed by atoms with Gasteiger partial charge in [0.2, 0.25) is 5.91 Å². The lowest BCUT2D eigenvalue weighted by atomic mass is 10.2. The number of nitrogens with zero attached hydrogens (tertiary/aromatic N) is 2. The lowest BCUT2D eigenvalue weighted by Gasteiger charge is -2.28. The summed E-state index contributed by atoms with van der Waals surface area (Å²) in [5.74, 6) is -0.331.